The zero-order chi connectivity index (χ0) is 15.1. The first-order valence-corrected chi connectivity index (χ1v) is 7.15. The monoisotopic (exact) mass is 282 g/mol. The van der Waals surface area contributed by atoms with Gasteiger partial charge in [0.2, 0.25) is 0 Å². The van der Waals surface area contributed by atoms with Crippen molar-refractivity contribution in [3.63, 3.8) is 0 Å². The van der Waals surface area contributed by atoms with E-state index in [0.717, 1.165) is 25.4 Å². The van der Waals surface area contributed by atoms with Crippen LogP contribution in [-0.2, 0) is 11.3 Å². The lowest BCUT2D eigenvalue weighted by Crippen LogP contribution is -2.38. The van der Waals surface area contributed by atoms with E-state index < -0.39 is 0 Å². The number of hydrogen-bond donors (Lipinski definition) is 1. The lowest BCUT2D eigenvalue weighted by atomic mass is 10.2. The van der Waals surface area contributed by atoms with Gasteiger partial charge in [-0.15, -0.1) is 0 Å². The normalized spacial score (nSPS) is 12.7. The van der Waals surface area contributed by atoms with Crippen LogP contribution in [0.5, 0.6) is 0 Å². The number of nitrogens with one attached hydrogen (secondary N) is 1. The van der Waals surface area contributed by atoms with Crippen molar-refractivity contribution in [2.75, 3.05) is 26.7 Å². The van der Waals surface area contributed by atoms with Gasteiger partial charge in [0.15, 0.2) is 0 Å². The Hall–Kier alpha value is -1.33. The zero-order valence-corrected chi connectivity index (χ0v) is 13.2. The number of likely N-dealkylation sites (N-methyl/N-ethyl adjacent to an activating group) is 1. The van der Waals surface area contributed by atoms with Crippen LogP contribution in [0.1, 0.15) is 42.6 Å². The summed E-state index contributed by atoms with van der Waals surface area (Å²) in [7, 11) is 1.37. The van der Waals surface area contributed by atoms with Crippen LogP contribution in [0.4, 0.5) is 0 Å². The van der Waals surface area contributed by atoms with Crippen LogP contribution >= 0.6 is 0 Å². The van der Waals surface area contributed by atoms with E-state index in [4.69, 9.17) is 9.15 Å². The molecule has 5 heteroatoms. The number of carbonyl (C=O) groups excluding carboxylic acids is 1. The fourth-order valence-electron chi connectivity index (χ4n) is 2.15. The molecule has 0 saturated carbocycles. The molecule has 0 saturated heterocycles. The maximum Gasteiger partial charge on any atom is 0.341 e. The van der Waals surface area contributed by atoms with Gasteiger partial charge in [0.25, 0.3) is 0 Å². The SMILES string of the molecule is CCN(CC)CC(C)NCc1cc(C(=O)OC)c(C)o1. The van der Waals surface area contributed by atoms with Crippen LogP contribution in [0.25, 0.3) is 0 Å². The summed E-state index contributed by atoms with van der Waals surface area (Å²) in [6.07, 6.45) is 0. The molecule has 5 nitrogen and oxygen atoms in total. The number of methoxy groups -OCH3 is 1. The Morgan fingerprint density at radius 3 is 2.65 bits per heavy atom. The van der Waals surface area contributed by atoms with Gasteiger partial charge in [-0.05, 0) is 33.0 Å². The Kier molecular flexibility index (Phi) is 6.75. The highest BCUT2D eigenvalue weighted by atomic mass is 16.5. The molecule has 20 heavy (non-hydrogen) atoms. The molecule has 0 radical (unpaired) electrons. The molecule has 1 unspecified atom stereocenters. The molecule has 114 valence electrons. The average Bonchev–Trinajstić information content (AvgIpc) is 2.82. The summed E-state index contributed by atoms with van der Waals surface area (Å²) in [5, 5.41) is 3.41. The van der Waals surface area contributed by atoms with E-state index in [-0.39, 0.29) is 5.97 Å². The lowest BCUT2D eigenvalue weighted by Gasteiger charge is -2.23. The Bertz CT molecular complexity index is 425. The van der Waals surface area contributed by atoms with Crippen LogP contribution in [0.3, 0.4) is 0 Å². The highest BCUT2D eigenvalue weighted by Crippen LogP contribution is 2.15. The van der Waals surface area contributed by atoms with E-state index >= 15 is 0 Å². The molecule has 1 rings (SSSR count). The topological polar surface area (TPSA) is 54.7 Å². The fourth-order valence-corrected chi connectivity index (χ4v) is 2.15. The van der Waals surface area contributed by atoms with Gasteiger partial charge in [0.1, 0.15) is 17.1 Å². The molecule has 0 aromatic carbocycles. The second kappa shape index (κ2) is 8.07. The molecular formula is C15H26N2O3. The lowest BCUT2D eigenvalue weighted by molar-refractivity contribution is 0.0599. The Morgan fingerprint density at radius 2 is 2.10 bits per heavy atom. The van der Waals surface area contributed by atoms with E-state index in [2.05, 4.69) is 31.0 Å². The summed E-state index contributed by atoms with van der Waals surface area (Å²) in [6, 6.07) is 2.11. The highest BCUT2D eigenvalue weighted by Gasteiger charge is 2.15. The minimum atomic E-state index is -0.353. The molecule has 1 heterocycles. The highest BCUT2D eigenvalue weighted by molar-refractivity contribution is 5.90. The predicted molar refractivity (Wildman–Crippen MR) is 78.9 cm³/mol. The van der Waals surface area contributed by atoms with Crippen LogP contribution in [0, 0.1) is 6.92 Å². The minimum absolute atomic E-state index is 0.353. The predicted octanol–water partition coefficient (Wildman–Crippen LogP) is 2.19. The van der Waals surface area contributed by atoms with Crippen LogP contribution in [0.15, 0.2) is 10.5 Å². The zero-order valence-electron chi connectivity index (χ0n) is 13.2. The van der Waals surface area contributed by atoms with E-state index in [1.807, 2.05) is 0 Å². The Morgan fingerprint density at radius 1 is 1.45 bits per heavy atom. The molecular weight excluding hydrogens is 256 g/mol. The van der Waals surface area contributed by atoms with E-state index in [1.165, 1.54) is 7.11 Å². The smallest absolute Gasteiger partial charge is 0.341 e. The third kappa shape index (κ3) is 4.65. The van der Waals surface area contributed by atoms with Crippen LogP contribution < -0.4 is 5.32 Å². The van der Waals surface area contributed by atoms with Gasteiger partial charge in [0.05, 0.1) is 13.7 Å². The van der Waals surface area contributed by atoms with Crippen molar-refractivity contribution in [2.24, 2.45) is 0 Å². The van der Waals surface area contributed by atoms with Crippen molar-refractivity contribution >= 4 is 5.97 Å². The number of esters is 1. The molecule has 1 aromatic rings. The molecule has 0 aliphatic heterocycles. The third-order valence-corrected chi connectivity index (χ3v) is 3.43. The van der Waals surface area contributed by atoms with Crippen molar-refractivity contribution < 1.29 is 13.9 Å². The first-order chi connectivity index (χ1) is 9.51. The summed E-state index contributed by atoms with van der Waals surface area (Å²) in [6.45, 7) is 12.0. The third-order valence-electron chi connectivity index (χ3n) is 3.43. The summed E-state index contributed by atoms with van der Waals surface area (Å²) in [5.74, 6) is 1.01. The molecule has 0 aliphatic rings. The maximum absolute atomic E-state index is 11.5. The van der Waals surface area contributed by atoms with Crippen molar-refractivity contribution in [3.05, 3.63) is 23.2 Å². The van der Waals surface area contributed by atoms with Crippen molar-refractivity contribution in [1.29, 1.82) is 0 Å². The van der Waals surface area contributed by atoms with Crippen LogP contribution in [-0.4, -0.2) is 43.7 Å². The molecule has 0 fully saturated rings. The number of nitrogens with zero attached hydrogens (tertiary/aromatic N) is 1. The number of carbonyl (C=O) groups is 1. The van der Waals surface area contributed by atoms with Gasteiger partial charge in [-0.1, -0.05) is 13.8 Å². The van der Waals surface area contributed by atoms with Crippen molar-refractivity contribution in [1.82, 2.24) is 10.2 Å². The van der Waals surface area contributed by atoms with Gasteiger partial charge in [0, 0.05) is 12.6 Å². The van der Waals surface area contributed by atoms with Gasteiger partial charge in [-0.25, -0.2) is 4.79 Å². The van der Waals surface area contributed by atoms with Gasteiger partial charge >= 0.3 is 5.97 Å². The molecule has 0 bridgehead atoms. The maximum atomic E-state index is 11.5. The largest absolute Gasteiger partial charge is 0.465 e. The van der Waals surface area contributed by atoms with Crippen molar-refractivity contribution in [2.45, 2.75) is 40.3 Å². The summed E-state index contributed by atoms with van der Waals surface area (Å²) < 4.78 is 10.3. The second-order valence-corrected chi connectivity index (χ2v) is 4.94. The van der Waals surface area contributed by atoms with E-state index in [0.29, 0.717) is 23.9 Å². The quantitative estimate of drug-likeness (QED) is 0.741. The Balaban J connectivity index is 2.51. The molecule has 1 aromatic heterocycles. The summed E-state index contributed by atoms with van der Waals surface area (Å²) in [5.41, 5.74) is 0.501. The molecule has 0 aliphatic carbocycles. The van der Waals surface area contributed by atoms with Gasteiger partial charge < -0.3 is 19.4 Å². The number of rotatable bonds is 8. The minimum Gasteiger partial charge on any atom is -0.465 e. The average molecular weight is 282 g/mol. The summed E-state index contributed by atoms with van der Waals surface area (Å²) >= 11 is 0. The number of furan rings is 1. The molecule has 0 spiro atoms. The molecule has 1 atom stereocenters. The van der Waals surface area contributed by atoms with Crippen molar-refractivity contribution in [3.8, 4) is 0 Å². The van der Waals surface area contributed by atoms with Crippen LogP contribution in [0.2, 0.25) is 0 Å². The molecule has 0 amide bonds. The Labute approximate surface area is 121 Å². The fraction of sp³-hybridized carbons (Fsp3) is 0.667. The number of hydrogen-bond acceptors (Lipinski definition) is 5. The number of ether oxygens (including phenoxy) is 1. The van der Waals surface area contributed by atoms with Gasteiger partial charge in [-0.3, -0.25) is 0 Å². The first kappa shape index (κ1) is 16.7. The van der Waals surface area contributed by atoms with E-state index in [1.54, 1.807) is 13.0 Å². The molecule has 1 N–H and O–H groups in total. The standard InChI is InChI=1S/C15H26N2O3/c1-6-17(7-2)10-11(3)16-9-13-8-14(12(4)20-13)15(18)19-5/h8,11,16H,6-7,9-10H2,1-5H3. The summed E-state index contributed by atoms with van der Waals surface area (Å²) in [4.78, 5) is 13.9. The van der Waals surface area contributed by atoms with Gasteiger partial charge in [-0.2, -0.15) is 0 Å². The number of aryl methyl sites for hydroxylation is 1. The van der Waals surface area contributed by atoms with E-state index in [9.17, 15) is 4.79 Å². The first-order valence-electron chi connectivity index (χ1n) is 7.15. The second-order valence-electron chi connectivity index (χ2n) is 4.94.